The van der Waals surface area contributed by atoms with Crippen LogP contribution in [0, 0.1) is 19.7 Å². The van der Waals surface area contributed by atoms with Gasteiger partial charge >= 0.3 is 6.18 Å². The Bertz CT molecular complexity index is 1030. The van der Waals surface area contributed by atoms with Gasteiger partial charge in [-0.1, -0.05) is 11.3 Å². The summed E-state index contributed by atoms with van der Waals surface area (Å²) in [6, 6.07) is 9.78. The zero-order valence-electron chi connectivity index (χ0n) is 16.1. The Morgan fingerprint density at radius 3 is 2.33 bits per heavy atom. The van der Waals surface area contributed by atoms with E-state index in [4.69, 9.17) is 4.74 Å². The van der Waals surface area contributed by atoms with Crippen molar-refractivity contribution in [3.8, 4) is 11.4 Å². The maximum atomic E-state index is 13.6. The molecule has 3 rings (SSSR count). The molecule has 3 aromatic rings. The lowest BCUT2D eigenvalue weighted by Gasteiger charge is -2.12. The second-order valence-corrected chi connectivity index (χ2v) is 6.60. The molecule has 6 nitrogen and oxygen atoms in total. The van der Waals surface area contributed by atoms with Gasteiger partial charge in [-0.2, -0.15) is 13.2 Å². The summed E-state index contributed by atoms with van der Waals surface area (Å²) in [5, 5.41) is 9.16. The van der Waals surface area contributed by atoms with Gasteiger partial charge in [0, 0.05) is 0 Å². The van der Waals surface area contributed by atoms with E-state index in [1.165, 1.54) is 0 Å². The van der Waals surface area contributed by atoms with E-state index in [9.17, 15) is 22.4 Å². The molecule has 1 N–H and O–H groups in total. The topological polar surface area (TPSA) is 69.0 Å². The van der Waals surface area contributed by atoms with Crippen molar-refractivity contribution in [3.05, 3.63) is 70.8 Å². The normalized spacial score (nSPS) is 11.4. The minimum atomic E-state index is -4.90. The molecule has 0 radical (unpaired) electrons. The summed E-state index contributed by atoms with van der Waals surface area (Å²) in [6.07, 6.45) is -4.90. The number of benzene rings is 2. The number of hydrogen-bond acceptors (Lipinski definition) is 4. The van der Waals surface area contributed by atoms with Gasteiger partial charge in [0.15, 0.2) is 11.4 Å². The van der Waals surface area contributed by atoms with Gasteiger partial charge in [-0.3, -0.25) is 4.79 Å². The SMILES string of the molecule is Cc1cc(C)cc(OCCNC(=O)c2nnn(-c3ccc(F)cc3)c2C(F)(F)F)c1. The number of halogens is 4. The van der Waals surface area contributed by atoms with Gasteiger partial charge in [-0.05, 0) is 61.4 Å². The van der Waals surface area contributed by atoms with E-state index >= 15 is 0 Å². The number of nitrogens with zero attached hydrogens (tertiary/aromatic N) is 3. The van der Waals surface area contributed by atoms with Crippen LogP contribution in [-0.2, 0) is 6.18 Å². The zero-order chi connectivity index (χ0) is 21.9. The summed E-state index contributed by atoms with van der Waals surface area (Å²) < 4.78 is 59.8. The van der Waals surface area contributed by atoms with Crippen molar-refractivity contribution < 1.29 is 27.1 Å². The first-order valence-electron chi connectivity index (χ1n) is 8.93. The maximum absolute atomic E-state index is 13.6. The molecule has 0 saturated carbocycles. The molecule has 0 aliphatic rings. The lowest BCUT2D eigenvalue weighted by molar-refractivity contribution is -0.143. The average Bonchev–Trinajstić information content (AvgIpc) is 3.10. The molecule has 0 bridgehead atoms. The van der Waals surface area contributed by atoms with Crippen LogP contribution in [-0.4, -0.2) is 34.1 Å². The molecule has 0 aliphatic carbocycles. The number of ether oxygens (including phenoxy) is 1. The Labute approximate surface area is 169 Å². The highest BCUT2D eigenvalue weighted by molar-refractivity contribution is 5.93. The van der Waals surface area contributed by atoms with Crippen molar-refractivity contribution in [2.45, 2.75) is 20.0 Å². The van der Waals surface area contributed by atoms with Gasteiger partial charge < -0.3 is 10.1 Å². The number of rotatable bonds is 6. The van der Waals surface area contributed by atoms with Gasteiger partial charge in [0.1, 0.15) is 18.2 Å². The minimum Gasteiger partial charge on any atom is -0.492 e. The summed E-state index contributed by atoms with van der Waals surface area (Å²) >= 11 is 0. The molecular formula is C20H18F4N4O2. The Balaban J connectivity index is 1.71. The summed E-state index contributed by atoms with van der Waals surface area (Å²) in [4.78, 5) is 12.3. The largest absolute Gasteiger partial charge is 0.492 e. The lowest BCUT2D eigenvalue weighted by Crippen LogP contribution is -2.30. The quantitative estimate of drug-likeness (QED) is 0.484. The van der Waals surface area contributed by atoms with Crippen molar-refractivity contribution in [2.24, 2.45) is 0 Å². The fourth-order valence-electron chi connectivity index (χ4n) is 2.89. The number of carbonyl (C=O) groups excluding carboxylic acids is 1. The molecule has 1 amide bonds. The number of aromatic nitrogens is 3. The van der Waals surface area contributed by atoms with Gasteiger partial charge in [0.05, 0.1) is 12.2 Å². The van der Waals surface area contributed by atoms with Crippen molar-refractivity contribution in [1.82, 2.24) is 20.3 Å². The summed E-state index contributed by atoms with van der Waals surface area (Å²) in [6.45, 7) is 3.84. The van der Waals surface area contributed by atoms with E-state index < -0.39 is 29.3 Å². The van der Waals surface area contributed by atoms with E-state index in [2.05, 4.69) is 15.6 Å². The molecule has 0 fully saturated rings. The second-order valence-electron chi connectivity index (χ2n) is 6.60. The van der Waals surface area contributed by atoms with E-state index in [1.54, 1.807) is 0 Å². The molecule has 0 unspecified atom stereocenters. The van der Waals surface area contributed by atoms with Gasteiger partial charge in [0.2, 0.25) is 0 Å². The fourth-order valence-corrected chi connectivity index (χ4v) is 2.89. The Morgan fingerprint density at radius 2 is 1.73 bits per heavy atom. The van der Waals surface area contributed by atoms with Crippen LogP contribution in [0.4, 0.5) is 17.6 Å². The second kappa shape index (κ2) is 8.52. The third-order valence-corrected chi connectivity index (χ3v) is 4.08. The van der Waals surface area contributed by atoms with Crippen LogP contribution < -0.4 is 10.1 Å². The molecule has 0 atom stereocenters. The van der Waals surface area contributed by atoms with Crippen LogP contribution in [0.1, 0.15) is 27.3 Å². The summed E-state index contributed by atoms with van der Waals surface area (Å²) in [7, 11) is 0. The zero-order valence-corrected chi connectivity index (χ0v) is 16.1. The third kappa shape index (κ3) is 4.94. The van der Waals surface area contributed by atoms with E-state index in [0.29, 0.717) is 10.4 Å². The highest BCUT2D eigenvalue weighted by Gasteiger charge is 2.41. The molecule has 158 valence electrons. The number of amides is 1. The molecule has 10 heteroatoms. The van der Waals surface area contributed by atoms with Gasteiger partial charge in [-0.25, -0.2) is 9.07 Å². The fraction of sp³-hybridized carbons (Fsp3) is 0.250. The average molecular weight is 422 g/mol. The van der Waals surface area contributed by atoms with Crippen LogP contribution in [0.15, 0.2) is 42.5 Å². The molecular weight excluding hydrogens is 404 g/mol. The molecule has 30 heavy (non-hydrogen) atoms. The predicted molar refractivity (Wildman–Crippen MR) is 100 cm³/mol. The van der Waals surface area contributed by atoms with Crippen molar-refractivity contribution in [2.75, 3.05) is 13.2 Å². The minimum absolute atomic E-state index is 0.0352. The standard InChI is InChI=1S/C20H18F4N4O2/c1-12-9-13(2)11-16(10-12)30-8-7-25-19(29)17-18(20(22,23)24)28(27-26-17)15-5-3-14(21)4-6-15/h3-6,9-11H,7-8H2,1-2H3,(H,25,29). The van der Waals surface area contributed by atoms with E-state index in [1.807, 2.05) is 32.0 Å². The summed E-state index contributed by atoms with van der Waals surface area (Å²) in [5.41, 5.74) is -0.295. The van der Waals surface area contributed by atoms with Crippen LogP contribution in [0.3, 0.4) is 0 Å². The molecule has 2 aromatic carbocycles. The third-order valence-electron chi connectivity index (χ3n) is 4.08. The van der Waals surface area contributed by atoms with E-state index in [-0.39, 0.29) is 18.8 Å². The maximum Gasteiger partial charge on any atom is 0.435 e. The predicted octanol–water partition coefficient (Wildman–Crippen LogP) is 3.85. The Hall–Kier alpha value is -3.43. The molecule has 1 heterocycles. The lowest BCUT2D eigenvalue weighted by atomic mass is 10.1. The van der Waals surface area contributed by atoms with Crippen LogP contribution >= 0.6 is 0 Å². The highest BCUT2D eigenvalue weighted by atomic mass is 19.4. The smallest absolute Gasteiger partial charge is 0.435 e. The number of aryl methyl sites for hydroxylation is 2. The molecule has 0 aliphatic heterocycles. The highest BCUT2D eigenvalue weighted by Crippen LogP contribution is 2.32. The van der Waals surface area contributed by atoms with Gasteiger partial charge in [0.25, 0.3) is 5.91 Å². The van der Waals surface area contributed by atoms with Crippen molar-refractivity contribution in [1.29, 1.82) is 0 Å². The number of nitrogens with one attached hydrogen (secondary N) is 1. The monoisotopic (exact) mass is 422 g/mol. The number of hydrogen-bond donors (Lipinski definition) is 1. The summed E-state index contributed by atoms with van der Waals surface area (Å²) in [5.74, 6) is -1.06. The first-order valence-corrected chi connectivity index (χ1v) is 8.93. The first kappa shape index (κ1) is 21.3. The molecule has 0 saturated heterocycles. The first-order chi connectivity index (χ1) is 14.1. The Kier molecular flexibility index (Phi) is 6.04. The van der Waals surface area contributed by atoms with Crippen molar-refractivity contribution >= 4 is 5.91 Å². The molecule has 1 aromatic heterocycles. The van der Waals surface area contributed by atoms with Crippen LogP contribution in [0.25, 0.3) is 5.69 Å². The Morgan fingerprint density at radius 1 is 1.10 bits per heavy atom. The van der Waals surface area contributed by atoms with Gasteiger partial charge in [-0.15, -0.1) is 5.10 Å². The number of alkyl halides is 3. The van der Waals surface area contributed by atoms with Crippen molar-refractivity contribution in [3.63, 3.8) is 0 Å². The number of carbonyl (C=O) groups is 1. The van der Waals surface area contributed by atoms with E-state index in [0.717, 1.165) is 35.4 Å². The molecule has 0 spiro atoms. The van der Waals surface area contributed by atoms with Crippen LogP contribution in [0.2, 0.25) is 0 Å². The van der Waals surface area contributed by atoms with Crippen LogP contribution in [0.5, 0.6) is 5.75 Å².